The number of hydrogen-bond donors (Lipinski definition) is 1. The zero-order valence-electron chi connectivity index (χ0n) is 11.1. The summed E-state index contributed by atoms with van der Waals surface area (Å²) in [5.41, 5.74) is 0.924. The van der Waals surface area contributed by atoms with Gasteiger partial charge in [0.1, 0.15) is 11.5 Å². The normalized spacial score (nSPS) is 17.2. The Balaban J connectivity index is 1.80. The number of benzene rings is 2. The van der Waals surface area contributed by atoms with E-state index in [1.165, 1.54) is 24.3 Å². The first kappa shape index (κ1) is 14.2. The number of nitrogens with one attached hydrogen (secondary N) is 1. The van der Waals surface area contributed by atoms with E-state index in [0.29, 0.717) is 16.9 Å². The fraction of sp³-hybridized carbons (Fsp3) is 0.133. The van der Waals surface area contributed by atoms with Crippen LogP contribution in [0.15, 0.2) is 48.5 Å². The standard InChI is InChI=1S/C15H10F3NO3/c16-15(17,18)22-10-7-5-9(6-8-10)14-19-13(20)11-3-1-2-4-12(11)21-14/h1-8,14H,(H,19,20)/t14-/m0/s1. The summed E-state index contributed by atoms with van der Waals surface area (Å²) >= 11 is 0. The molecule has 2 aromatic rings. The highest BCUT2D eigenvalue weighted by Gasteiger charge is 2.31. The van der Waals surface area contributed by atoms with Gasteiger partial charge in [0.15, 0.2) is 6.23 Å². The van der Waals surface area contributed by atoms with Crippen LogP contribution in [0.3, 0.4) is 0 Å². The third kappa shape index (κ3) is 2.98. The molecule has 1 aliphatic heterocycles. The van der Waals surface area contributed by atoms with Gasteiger partial charge in [0, 0.05) is 5.56 Å². The number of carbonyl (C=O) groups excluding carboxylic acids is 1. The van der Waals surface area contributed by atoms with Crippen LogP contribution in [0.25, 0.3) is 0 Å². The van der Waals surface area contributed by atoms with Gasteiger partial charge in [-0.2, -0.15) is 0 Å². The third-order valence-electron chi connectivity index (χ3n) is 3.06. The monoisotopic (exact) mass is 309 g/mol. The molecule has 1 amide bonds. The van der Waals surface area contributed by atoms with Crippen LogP contribution in [0.1, 0.15) is 22.1 Å². The van der Waals surface area contributed by atoms with Gasteiger partial charge in [0.05, 0.1) is 5.56 Å². The average Bonchev–Trinajstić information content (AvgIpc) is 2.46. The van der Waals surface area contributed by atoms with Crippen LogP contribution in [0.4, 0.5) is 13.2 Å². The Hall–Kier alpha value is -2.70. The lowest BCUT2D eigenvalue weighted by atomic mass is 10.1. The van der Waals surface area contributed by atoms with E-state index in [4.69, 9.17) is 4.74 Å². The highest BCUT2D eigenvalue weighted by molar-refractivity contribution is 5.97. The molecule has 2 aromatic carbocycles. The maximum atomic E-state index is 12.1. The van der Waals surface area contributed by atoms with Crippen LogP contribution in [0.5, 0.6) is 11.5 Å². The Bertz CT molecular complexity index is 698. The Morgan fingerprint density at radius 1 is 1.05 bits per heavy atom. The summed E-state index contributed by atoms with van der Waals surface area (Å²) in [7, 11) is 0. The minimum absolute atomic E-state index is 0.303. The molecule has 0 aliphatic carbocycles. The summed E-state index contributed by atoms with van der Waals surface area (Å²) in [6.07, 6.45) is -5.50. The van der Waals surface area contributed by atoms with Gasteiger partial charge in [-0.1, -0.05) is 12.1 Å². The van der Waals surface area contributed by atoms with Gasteiger partial charge >= 0.3 is 6.36 Å². The van der Waals surface area contributed by atoms with Crippen molar-refractivity contribution < 1.29 is 27.4 Å². The van der Waals surface area contributed by atoms with Gasteiger partial charge in [0.2, 0.25) is 0 Å². The van der Waals surface area contributed by atoms with Crippen molar-refractivity contribution in [2.75, 3.05) is 0 Å². The summed E-state index contributed by atoms with van der Waals surface area (Å²) < 4.78 is 45.8. The predicted octanol–water partition coefficient (Wildman–Crippen LogP) is 3.41. The summed E-state index contributed by atoms with van der Waals surface area (Å²) in [6, 6.07) is 11.9. The molecule has 1 aliphatic rings. The van der Waals surface area contributed by atoms with Crippen molar-refractivity contribution in [1.29, 1.82) is 0 Å². The molecule has 0 saturated carbocycles. The van der Waals surface area contributed by atoms with Crippen molar-refractivity contribution >= 4 is 5.91 Å². The van der Waals surface area contributed by atoms with E-state index in [9.17, 15) is 18.0 Å². The maximum absolute atomic E-state index is 12.1. The molecular formula is C15H10F3NO3. The molecule has 0 fully saturated rings. The second-order valence-corrected chi connectivity index (χ2v) is 4.58. The molecule has 1 heterocycles. The van der Waals surface area contributed by atoms with E-state index in [-0.39, 0.29) is 11.7 Å². The van der Waals surface area contributed by atoms with E-state index < -0.39 is 12.6 Å². The fourth-order valence-corrected chi connectivity index (χ4v) is 2.11. The number of amides is 1. The lowest BCUT2D eigenvalue weighted by Crippen LogP contribution is -2.36. The van der Waals surface area contributed by atoms with Crippen molar-refractivity contribution in [2.45, 2.75) is 12.6 Å². The largest absolute Gasteiger partial charge is 0.573 e. The van der Waals surface area contributed by atoms with Crippen LogP contribution < -0.4 is 14.8 Å². The van der Waals surface area contributed by atoms with Crippen LogP contribution in [-0.4, -0.2) is 12.3 Å². The first-order chi connectivity index (χ1) is 10.4. The first-order valence-electron chi connectivity index (χ1n) is 6.35. The highest BCUT2D eigenvalue weighted by Crippen LogP contribution is 2.30. The van der Waals surface area contributed by atoms with Crippen LogP contribution in [0.2, 0.25) is 0 Å². The average molecular weight is 309 g/mol. The van der Waals surface area contributed by atoms with Crippen molar-refractivity contribution in [3.05, 3.63) is 59.7 Å². The molecule has 0 unspecified atom stereocenters. The predicted molar refractivity (Wildman–Crippen MR) is 70.4 cm³/mol. The molecule has 0 bridgehead atoms. The number of alkyl halides is 3. The molecule has 1 N–H and O–H groups in total. The molecule has 4 nitrogen and oxygen atoms in total. The molecule has 114 valence electrons. The SMILES string of the molecule is O=C1N[C@H](c2ccc(OC(F)(F)F)cc2)Oc2ccccc21. The number of fused-ring (bicyclic) bond motifs is 1. The van der Waals surface area contributed by atoms with Gasteiger partial charge in [-0.05, 0) is 36.4 Å². The van der Waals surface area contributed by atoms with E-state index in [1.807, 2.05) is 0 Å². The highest BCUT2D eigenvalue weighted by atomic mass is 19.4. The van der Waals surface area contributed by atoms with Crippen LogP contribution >= 0.6 is 0 Å². The topological polar surface area (TPSA) is 47.6 Å². The molecule has 0 saturated heterocycles. The molecule has 22 heavy (non-hydrogen) atoms. The number of carbonyl (C=O) groups is 1. The first-order valence-corrected chi connectivity index (χ1v) is 6.35. The van der Waals surface area contributed by atoms with Crippen molar-refractivity contribution in [3.8, 4) is 11.5 Å². The Morgan fingerprint density at radius 3 is 2.41 bits per heavy atom. The molecule has 0 radical (unpaired) electrons. The minimum atomic E-state index is -4.74. The summed E-state index contributed by atoms with van der Waals surface area (Å²) in [6.45, 7) is 0. The summed E-state index contributed by atoms with van der Waals surface area (Å²) in [5.74, 6) is -0.215. The fourth-order valence-electron chi connectivity index (χ4n) is 2.11. The Labute approximate surface area is 123 Å². The Morgan fingerprint density at radius 2 is 1.73 bits per heavy atom. The number of hydrogen-bond acceptors (Lipinski definition) is 3. The molecular weight excluding hydrogens is 299 g/mol. The van der Waals surface area contributed by atoms with E-state index in [1.54, 1.807) is 24.3 Å². The lowest BCUT2D eigenvalue weighted by molar-refractivity contribution is -0.274. The maximum Gasteiger partial charge on any atom is 0.573 e. The Kier molecular flexibility index (Phi) is 3.40. The minimum Gasteiger partial charge on any atom is -0.466 e. The molecule has 0 spiro atoms. The van der Waals surface area contributed by atoms with E-state index >= 15 is 0 Å². The van der Waals surface area contributed by atoms with Crippen molar-refractivity contribution in [2.24, 2.45) is 0 Å². The van der Waals surface area contributed by atoms with Crippen LogP contribution in [0, 0.1) is 0 Å². The van der Waals surface area contributed by atoms with Gasteiger partial charge in [0.25, 0.3) is 5.91 Å². The molecule has 0 aromatic heterocycles. The van der Waals surface area contributed by atoms with Gasteiger partial charge in [-0.25, -0.2) is 0 Å². The quantitative estimate of drug-likeness (QED) is 0.925. The van der Waals surface area contributed by atoms with E-state index in [2.05, 4.69) is 10.1 Å². The molecule has 1 atom stereocenters. The number of para-hydroxylation sites is 1. The second-order valence-electron chi connectivity index (χ2n) is 4.58. The van der Waals surface area contributed by atoms with Gasteiger partial charge in [-0.15, -0.1) is 13.2 Å². The van der Waals surface area contributed by atoms with Crippen molar-refractivity contribution in [1.82, 2.24) is 5.32 Å². The third-order valence-corrected chi connectivity index (χ3v) is 3.06. The van der Waals surface area contributed by atoms with Crippen LogP contribution in [-0.2, 0) is 0 Å². The summed E-state index contributed by atoms with van der Waals surface area (Å²) in [5, 5.41) is 2.63. The smallest absolute Gasteiger partial charge is 0.466 e. The summed E-state index contributed by atoms with van der Waals surface area (Å²) in [4.78, 5) is 12.0. The molecule has 7 heteroatoms. The number of ether oxygens (including phenoxy) is 2. The van der Waals surface area contributed by atoms with Gasteiger partial charge < -0.3 is 14.8 Å². The van der Waals surface area contributed by atoms with Crippen molar-refractivity contribution in [3.63, 3.8) is 0 Å². The second kappa shape index (κ2) is 5.25. The zero-order chi connectivity index (χ0) is 15.7. The van der Waals surface area contributed by atoms with E-state index in [0.717, 1.165) is 0 Å². The zero-order valence-corrected chi connectivity index (χ0v) is 11.1. The number of rotatable bonds is 2. The lowest BCUT2D eigenvalue weighted by Gasteiger charge is -2.27. The molecule has 3 rings (SSSR count). The number of halogens is 3. The van der Waals surface area contributed by atoms with Gasteiger partial charge in [-0.3, -0.25) is 4.79 Å².